The first-order chi connectivity index (χ1) is 9.90. The van der Waals surface area contributed by atoms with Crippen molar-refractivity contribution in [2.75, 3.05) is 45.8 Å². The van der Waals surface area contributed by atoms with Crippen LogP contribution in [0.3, 0.4) is 0 Å². The lowest BCUT2D eigenvalue weighted by molar-refractivity contribution is 0.242. The molecule has 1 saturated heterocycles. The van der Waals surface area contributed by atoms with E-state index in [1.807, 2.05) is 0 Å². The molecule has 0 unspecified atom stereocenters. The van der Waals surface area contributed by atoms with E-state index < -0.39 is 0 Å². The van der Waals surface area contributed by atoms with Gasteiger partial charge in [-0.15, -0.1) is 0 Å². The van der Waals surface area contributed by atoms with Crippen molar-refractivity contribution in [2.45, 2.75) is 13.0 Å². The van der Waals surface area contributed by atoms with Crippen LogP contribution in [0.4, 0.5) is 0 Å². The smallest absolute Gasteiger partial charge is 0.0237 e. The molecule has 2 aliphatic rings. The largest absolute Gasteiger partial charge is 0.314 e. The van der Waals surface area contributed by atoms with Crippen LogP contribution in [0.1, 0.15) is 12.0 Å². The summed E-state index contributed by atoms with van der Waals surface area (Å²) in [4.78, 5) is 5.12. The monoisotopic (exact) mass is 271 g/mol. The highest BCUT2D eigenvalue weighted by molar-refractivity contribution is 5.16. The highest BCUT2D eigenvalue weighted by Gasteiger charge is 2.15. The Hall–Kier alpha value is -1.16. The van der Waals surface area contributed by atoms with Gasteiger partial charge in [-0.3, -0.25) is 9.80 Å². The second kappa shape index (κ2) is 7.02. The Morgan fingerprint density at radius 1 is 0.900 bits per heavy atom. The van der Waals surface area contributed by atoms with Crippen molar-refractivity contribution < 1.29 is 0 Å². The van der Waals surface area contributed by atoms with Gasteiger partial charge in [0.25, 0.3) is 0 Å². The van der Waals surface area contributed by atoms with Crippen LogP contribution in [-0.2, 0) is 6.54 Å². The summed E-state index contributed by atoms with van der Waals surface area (Å²) in [5.74, 6) is 0. The molecule has 1 N–H and O–H groups in total. The molecule has 3 rings (SSSR count). The second-order valence-corrected chi connectivity index (χ2v) is 5.86. The molecule has 0 atom stereocenters. The maximum absolute atomic E-state index is 3.42. The van der Waals surface area contributed by atoms with Crippen molar-refractivity contribution in [3.05, 3.63) is 47.5 Å². The van der Waals surface area contributed by atoms with Crippen molar-refractivity contribution in [3.8, 4) is 0 Å². The van der Waals surface area contributed by atoms with Gasteiger partial charge in [-0.25, -0.2) is 0 Å². The number of benzene rings is 1. The van der Waals surface area contributed by atoms with Gasteiger partial charge in [0, 0.05) is 52.4 Å². The summed E-state index contributed by atoms with van der Waals surface area (Å²) in [5.41, 5.74) is 3.06. The molecule has 0 aliphatic carbocycles. The minimum atomic E-state index is 1.08. The van der Waals surface area contributed by atoms with Crippen LogP contribution >= 0.6 is 0 Å². The lowest BCUT2D eigenvalue weighted by atomic mass is 10.1. The zero-order chi connectivity index (χ0) is 13.6. The molecule has 0 radical (unpaired) electrons. The molecule has 20 heavy (non-hydrogen) atoms. The molecule has 1 fully saturated rings. The van der Waals surface area contributed by atoms with E-state index >= 15 is 0 Å². The van der Waals surface area contributed by atoms with E-state index in [-0.39, 0.29) is 0 Å². The van der Waals surface area contributed by atoms with Crippen LogP contribution in [0.2, 0.25) is 0 Å². The van der Waals surface area contributed by atoms with Crippen LogP contribution in [0.15, 0.2) is 42.0 Å². The first-order valence-corrected chi connectivity index (χ1v) is 7.77. The number of piperazine rings is 1. The molecule has 0 spiro atoms. The highest BCUT2D eigenvalue weighted by Crippen LogP contribution is 2.15. The van der Waals surface area contributed by atoms with Gasteiger partial charge in [-0.2, -0.15) is 0 Å². The first-order valence-electron chi connectivity index (χ1n) is 7.77. The number of hydrogen-bond acceptors (Lipinski definition) is 3. The summed E-state index contributed by atoms with van der Waals surface area (Å²) >= 11 is 0. The van der Waals surface area contributed by atoms with Crippen molar-refractivity contribution in [1.82, 2.24) is 15.1 Å². The molecule has 3 nitrogen and oxygen atoms in total. The van der Waals surface area contributed by atoms with Crippen LogP contribution in [-0.4, -0.2) is 55.6 Å². The molecule has 108 valence electrons. The van der Waals surface area contributed by atoms with Gasteiger partial charge in [0.2, 0.25) is 0 Å². The third-order valence-electron chi connectivity index (χ3n) is 4.27. The standard InChI is InChI=1S/C17H25N3/c1-2-4-16(5-3-1)14-19-10-6-17(7-11-19)15-20-12-8-18-9-13-20/h1-6,18H,7-15H2. The summed E-state index contributed by atoms with van der Waals surface area (Å²) in [6.45, 7) is 9.26. The molecule has 1 aromatic carbocycles. The van der Waals surface area contributed by atoms with E-state index in [1.54, 1.807) is 5.57 Å². The zero-order valence-electron chi connectivity index (χ0n) is 12.2. The van der Waals surface area contributed by atoms with Crippen LogP contribution in [0, 0.1) is 0 Å². The summed E-state index contributed by atoms with van der Waals surface area (Å²) in [7, 11) is 0. The van der Waals surface area contributed by atoms with E-state index in [1.165, 1.54) is 38.2 Å². The molecular formula is C17H25N3. The van der Waals surface area contributed by atoms with Gasteiger partial charge in [-0.05, 0) is 12.0 Å². The molecule has 0 bridgehead atoms. The van der Waals surface area contributed by atoms with Crippen LogP contribution < -0.4 is 5.32 Å². The molecule has 3 heteroatoms. The average Bonchev–Trinajstić information content (AvgIpc) is 2.51. The van der Waals surface area contributed by atoms with Crippen molar-refractivity contribution in [2.24, 2.45) is 0 Å². The predicted molar refractivity (Wildman–Crippen MR) is 83.7 cm³/mol. The molecule has 0 saturated carbocycles. The van der Waals surface area contributed by atoms with Gasteiger partial charge < -0.3 is 5.32 Å². The average molecular weight is 271 g/mol. The third-order valence-corrected chi connectivity index (χ3v) is 4.27. The van der Waals surface area contributed by atoms with E-state index in [9.17, 15) is 0 Å². The molecular weight excluding hydrogens is 246 g/mol. The SMILES string of the molecule is C1=C(CN2CCNCC2)CCN(Cc2ccccc2)C1. The Morgan fingerprint density at radius 3 is 2.40 bits per heavy atom. The van der Waals surface area contributed by atoms with Gasteiger partial charge in [-0.1, -0.05) is 42.0 Å². The Bertz CT molecular complexity index is 435. The fourth-order valence-corrected chi connectivity index (χ4v) is 3.04. The Labute approximate surface area is 122 Å². The van der Waals surface area contributed by atoms with Crippen molar-refractivity contribution in [1.29, 1.82) is 0 Å². The highest BCUT2D eigenvalue weighted by atomic mass is 15.2. The number of nitrogens with one attached hydrogen (secondary N) is 1. The fraction of sp³-hybridized carbons (Fsp3) is 0.529. The minimum Gasteiger partial charge on any atom is -0.314 e. The Kier molecular flexibility index (Phi) is 4.85. The van der Waals surface area contributed by atoms with Crippen LogP contribution in [0.25, 0.3) is 0 Å². The van der Waals surface area contributed by atoms with Gasteiger partial charge in [0.05, 0.1) is 0 Å². The van der Waals surface area contributed by atoms with E-state index in [4.69, 9.17) is 0 Å². The summed E-state index contributed by atoms with van der Waals surface area (Å²) < 4.78 is 0. The van der Waals surface area contributed by atoms with Crippen LogP contribution in [0.5, 0.6) is 0 Å². The van der Waals surface area contributed by atoms with E-state index in [0.717, 1.165) is 26.2 Å². The maximum Gasteiger partial charge on any atom is 0.0237 e. The summed E-state index contributed by atoms with van der Waals surface area (Å²) in [6, 6.07) is 10.8. The first kappa shape index (κ1) is 13.8. The normalized spacial score (nSPS) is 21.7. The Balaban J connectivity index is 1.47. The van der Waals surface area contributed by atoms with Gasteiger partial charge in [0.1, 0.15) is 0 Å². The van der Waals surface area contributed by atoms with E-state index in [0.29, 0.717) is 0 Å². The quantitative estimate of drug-likeness (QED) is 0.841. The summed E-state index contributed by atoms with van der Waals surface area (Å²) in [6.07, 6.45) is 3.69. The summed E-state index contributed by atoms with van der Waals surface area (Å²) in [5, 5.41) is 3.42. The minimum absolute atomic E-state index is 1.08. The lowest BCUT2D eigenvalue weighted by Gasteiger charge is -2.31. The number of nitrogens with zero attached hydrogens (tertiary/aromatic N) is 2. The fourth-order valence-electron chi connectivity index (χ4n) is 3.04. The number of rotatable bonds is 4. The predicted octanol–water partition coefficient (Wildman–Crippen LogP) is 1.72. The maximum atomic E-state index is 3.42. The number of hydrogen-bond donors (Lipinski definition) is 1. The molecule has 0 amide bonds. The van der Waals surface area contributed by atoms with Crippen molar-refractivity contribution in [3.63, 3.8) is 0 Å². The molecule has 1 aromatic rings. The van der Waals surface area contributed by atoms with Crippen molar-refractivity contribution >= 4 is 0 Å². The molecule has 0 aromatic heterocycles. The zero-order valence-corrected chi connectivity index (χ0v) is 12.2. The Morgan fingerprint density at radius 2 is 1.70 bits per heavy atom. The van der Waals surface area contributed by atoms with Gasteiger partial charge >= 0.3 is 0 Å². The molecule has 2 aliphatic heterocycles. The van der Waals surface area contributed by atoms with E-state index in [2.05, 4.69) is 51.5 Å². The third kappa shape index (κ3) is 3.92. The molecule has 2 heterocycles. The van der Waals surface area contributed by atoms with Gasteiger partial charge in [0.15, 0.2) is 0 Å². The lowest BCUT2D eigenvalue weighted by Crippen LogP contribution is -2.44. The topological polar surface area (TPSA) is 18.5 Å². The second-order valence-electron chi connectivity index (χ2n) is 5.86.